The first-order valence-corrected chi connectivity index (χ1v) is 6.44. The van der Waals surface area contributed by atoms with Crippen LogP contribution in [0.3, 0.4) is 0 Å². The normalized spacial score (nSPS) is 10.8. The molecule has 0 saturated heterocycles. The molecule has 2 aromatic rings. The van der Waals surface area contributed by atoms with Gasteiger partial charge in [0.2, 0.25) is 0 Å². The molecule has 0 unspecified atom stereocenters. The number of carbonyl (C=O) groups excluding carboxylic acids is 1. The molecule has 106 valence electrons. The van der Waals surface area contributed by atoms with Crippen LogP contribution in [0.4, 0.5) is 0 Å². The zero-order valence-corrected chi connectivity index (χ0v) is 11.4. The molecule has 0 bridgehead atoms. The summed E-state index contributed by atoms with van der Waals surface area (Å²) in [6.45, 7) is 4.10. The van der Waals surface area contributed by atoms with Crippen molar-refractivity contribution in [2.45, 2.75) is 20.0 Å². The maximum Gasteiger partial charge on any atom is 0.268 e. The Kier molecular flexibility index (Phi) is 4.86. The molecular formula is C14H18N4O2. The Labute approximate surface area is 117 Å². The van der Waals surface area contributed by atoms with Crippen LogP contribution in [0.2, 0.25) is 0 Å². The van der Waals surface area contributed by atoms with E-state index in [1.54, 1.807) is 12.3 Å². The van der Waals surface area contributed by atoms with Crippen molar-refractivity contribution in [3.05, 3.63) is 53.7 Å². The number of furan rings is 1. The number of nitrogen functional groups attached to an aromatic ring is 1. The van der Waals surface area contributed by atoms with Gasteiger partial charge in [-0.1, -0.05) is 13.0 Å². The van der Waals surface area contributed by atoms with E-state index in [-0.39, 0.29) is 5.91 Å². The van der Waals surface area contributed by atoms with E-state index in [0.717, 1.165) is 12.2 Å². The van der Waals surface area contributed by atoms with E-state index in [0.29, 0.717) is 24.4 Å². The third-order valence-corrected chi connectivity index (χ3v) is 3.05. The topological polar surface area (TPSA) is 84.4 Å². The molecule has 2 rings (SSSR count). The quantitative estimate of drug-likeness (QED) is 0.471. The van der Waals surface area contributed by atoms with Crippen molar-refractivity contribution in [1.29, 1.82) is 0 Å². The lowest BCUT2D eigenvalue weighted by molar-refractivity contribution is 0.0949. The molecule has 0 aliphatic heterocycles. The molecule has 6 nitrogen and oxygen atoms in total. The van der Waals surface area contributed by atoms with E-state index in [1.165, 1.54) is 6.26 Å². The van der Waals surface area contributed by atoms with Crippen LogP contribution in [0.5, 0.6) is 0 Å². The third-order valence-electron chi connectivity index (χ3n) is 3.05. The first kappa shape index (κ1) is 14.2. The highest BCUT2D eigenvalue weighted by Gasteiger charge is 2.16. The summed E-state index contributed by atoms with van der Waals surface area (Å²) in [5.74, 6) is 5.41. The second-order valence-electron chi connectivity index (χ2n) is 4.36. The number of nitrogens with one attached hydrogen (secondary N) is 1. The minimum atomic E-state index is -0.345. The number of hydrazine groups is 1. The lowest BCUT2D eigenvalue weighted by Gasteiger charge is -2.19. The Hall–Kier alpha value is -2.18. The zero-order valence-electron chi connectivity index (χ0n) is 11.4. The van der Waals surface area contributed by atoms with Crippen LogP contribution in [0.25, 0.3) is 0 Å². The molecule has 0 aliphatic rings. The first-order chi connectivity index (χ1) is 9.74. The summed E-state index contributed by atoms with van der Waals surface area (Å²) in [7, 11) is 0. The van der Waals surface area contributed by atoms with Crippen molar-refractivity contribution in [3.63, 3.8) is 0 Å². The molecule has 6 heteroatoms. The molecule has 2 heterocycles. The van der Waals surface area contributed by atoms with Crippen molar-refractivity contribution in [3.8, 4) is 0 Å². The average Bonchev–Trinajstić information content (AvgIpc) is 2.95. The Morgan fingerprint density at radius 3 is 2.90 bits per heavy atom. The number of pyridine rings is 1. The molecule has 20 heavy (non-hydrogen) atoms. The van der Waals surface area contributed by atoms with Crippen LogP contribution in [-0.2, 0) is 13.1 Å². The Balaban J connectivity index is 2.07. The predicted octanol–water partition coefficient (Wildman–Crippen LogP) is 1.30. The predicted molar refractivity (Wildman–Crippen MR) is 74.4 cm³/mol. The van der Waals surface area contributed by atoms with Crippen LogP contribution in [0.15, 0.2) is 41.1 Å². The molecule has 2 aromatic heterocycles. The number of nitrogens with zero attached hydrogens (tertiary/aromatic N) is 2. The Morgan fingerprint density at radius 2 is 2.25 bits per heavy atom. The highest BCUT2D eigenvalue weighted by atomic mass is 16.3. The van der Waals surface area contributed by atoms with Gasteiger partial charge in [0.1, 0.15) is 5.76 Å². The van der Waals surface area contributed by atoms with Crippen LogP contribution in [0, 0.1) is 0 Å². The van der Waals surface area contributed by atoms with Gasteiger partial charge in [0, 0.05) is 12.7 Å². The second kappa shape index (κ2) is 6.83. The minimum Gasteiger partial charge on any atom is -0.467 e. The van der Waals surface area contributed by atoms with E-state index in [9.17, 15) is 4.79 Å². The number of amides is 1. The summed E-state index contributed by atoms with van der Waals surface area (Å²) in [6.07, 6.45) is 3.26. The zero-order chi connectivity index (χ0) is 14.4. The van der Waals surface area contributed by atoms with Crippen molar-refractivity contribution >= 4 is 5.91 Å². The number of hydrogen-bond acceptors (Lipinski definition) is 5. The molecule has 0 spiro atoms. The van der Waals surface area contributed by atoms with Gasteiger partial charge in [-0.2, -0.15) is 0 Å². The molecule has 0 fully saturated rings. The lowest BCUT2D eigenvalue weighted by Crippen LogP contribution is -2.31. The lowest BCUT2D eigenvalue weighted by atomic mass is 10.2. The van der Waals surface area contributed by atoms with Crippen molar-refractivity contribution in [1.82, 2.24) is 15.3 Å². The number of nitrogens with two attached hydrogens (primary N) is 1. The molecule has 0 atom stereocenters. The van der Waals surface area contributed by atoms with Crippen LogP contribution in [-0.4, -0.2) is 22.3 Å². The number of rotatable bonds is 6. The van der Waals surface area contributed by atoms with Crippen molar-refractivity contribution in [2.24, 2.45) is 5.84 Å². The molecule has 0 radical (unpaired) electrons. The van der Waals surface area contributed by atoms with Gasteiger partial charge in [-0.3, -0.25) is 20.1 Å². The summed E-state index contributed by atoms with van der Waals surface area (Å²) >= 11 is 0. The Morgan fingerprint density at radius 1 is 1.40 bits per heavy atom. The molecule has 0 aromatic carbocycles. The average molecular weight is 274 g/mol. The molecule has 0 saturated carbocycles. The van der Waals surface area contributed by atoms with Gasteiger partial charge in [0.05, 0.1) is 24.1 Å². The first-order valence-electron chi connectivity index (χ1n) is 6.44. The number of carbonyl (C=O) groups is 1. The van der Waals surface area contributed by atoms with E-state index >= 15 is 0 Å². The van der Waals surface area contributed by atoms with Gasteiger partial charge in [-0.05, 0) is 24.7 Å². The van der Waals surface area contributed by atoms with Crippen LogP contribution < -0.4 is 11.3 Å². The maximum atomic E-state index is 11.6. The monoisotopic (exact) mass is 274 g/mol. The van der Waals surface area contributed by atoms with Crippen LogP contribution in [0.1, 0.15) is 28.7 Å². The van der Waals surface area contributed by atoms with E-state index in [1.807, 2.05) is 18.2 Å². The van der Waals surface area contributed by atoms with Gasteiger partial charge in [0.25, 0.3) is 5.91 Å². The minimum absolute atomic E-state index is 0.345. The van der Waals surface area contributed by atoms with Gasteiger partial charge < -0.3 is 4.42 Å². The van der Waals surface area contributed by atoms with Gasteiger partial charge >= 0.3 is 0 Å². The summed E-state index contributed by atoms with van der Waals surface area (Å²) in [5.41, 5.74) is 3.56. The number of hydrogen-bond donors (Lipinski definition) is 2. The van der Waals surface area contributed by atoms with Crippen molar-refractivity contribution in [2.75, 3.05) is 6.54 Å². The Bertz CT molecular complexity index is 553. The highest BCUT2D eigenvalue weighted by Crippen LogP contribution is 2.14. The maximum absolute atomic E-state index is 11.6. The summed E-state index contributed by atoms with van der Waals surface area (Å²) in [4.78, 5) is 18.0. The van der Waals surface area contributed by atoms with Crippen molar-refractivity contribution < 1.29 is 9.21 Å². The van der Waals surface area contributed by atoms with E-state index < -0.39 is 0 Å². The van der Waals surface area contributed by atoms with Gasteiger partial charge in [-0.25, -0.2) is 5.84 Å². The molecular weight excluding hydrogens is 256 g/mol. The van der Waals surface area contributed by atoms with E-state index in [2.05, 4.69) is 22.2 Å². The molecule has 3 N–H and O–H groups in total. The summed E-state index contributed by atoms with van der Waals surface area (Å²) < 4.78 is 5.38. The van der Waals surface area contributed by atoms with Gasteiger partial charge in [-0.15, -0.1) is 0 Å². The molecule has 0 aliphatic carbocycles. The van der Waals surface area contributed by atoms with E-state index in [4.69, 9.17) is 10.3 Å². The summed E-state index contributed by atoms with van der Waals surface area (Å²) in [5, 5.41) is 0. The fourth-order valence-electron chi connectivity index (χ4n) is 1.95. The molecule has 1 amide bonds. The number of aromatic nitrogens is 1. The summed E-state index contributed by atoms with van der Waals surface area (Å²) in [6, 6.07) is 7.43. The fraction of sp³-hybridized carbons (Fsp3) is 0.286. The smallest absolute Gasteiger partial charge is 0.268 e. The second-order valence-corrected chi connectivity index (χ2v) is 4.36. The van der Waals surface area contributed by atoms with Crippen LogP contribution >= 0.6 is 0 Å². The van der Waals surface area contributed by atoms with Gasteiger partial charge in [0.15, 0.2) is 0 Å². The highest BCUT2D eigenvalue weighted by molar-refractivity contribution is 5.94. The SMILES string of the molecule is CCN(Cc1ccccn1)Cc1occc1C(=O)NN. The third kappa shape index (κ3) is 3.43. The standard InChI is InChI=1S/C14H18N4O2/c1-2-18(9-11-5-3-4-7-16-11)10-13-12(6-8-20-13)14(19)17-15/h3-8H,2,9-10,15H2,1H3,(H,17,19). The fourth-order valence-corrected chi connectivity index (χ4v) is 1.95. The largest absolute Gasteiger partial charge is 0.467 e.